The molecule has 3 rings (SSSR count). The number of carbonyl (C=O) groups is 1. The minimum absolute atomic E-state index is 0.123. The van der Waals surface area contributed by atoms with Crippen LogP contribution >= 0.6 is 11.3 Å². The smallest absolute Gasteiger partial charge is 0.277 e. The molecule has 3 aromatic rings. The average molecular weight is 371 g/mol. The van der Waals surface area contributed by atoms with E-state index in [0.717, 1.165) is 11.4 Å². The van der Waals surface area contributed by atoms with E-state index in [1.54, 1.807) is 0 Å². The Morgan fingerprint density at radius 2 is 2.00 bits per heavy atom. The molecule has 0 aliphatic heterocycles. The number of hydrogen-bond acceptors (Lipinski definition) is 7. The lowest BCUT2D eigenvalue weighted by Crippen LogP contribution is -2.28. The van der Waals surface area contributed by atoms with Crippen molar-refractivity contribution < 1.29 is 9.53 Å². The molecule has 0 aliphatic carbocycles. The van der Waals surface area contributed by atoms with Crippen LogP contribution in [0.2, 0.25) is 0 Å². The molecule has 1 amide bonds. The SMILES string of the molecule is CCc1nnc(NC(=O)c2ccc(=O)n(CCOc3ccccc3)n2)s1. The Kier molecular flexibility index (Phi) is 5.69. The first kappa shape index (κ1) is 17.7. The third-order valence-corrected chi connectivity index (χ3v) is 4.39. The van der Waals surface area contributed by atoms with Gasteiger partial charge in [-0.3, -0.25) is 14.9 Å². The second kappa shape index (κ2) is 8.34. The molecular weight excluding hydrogens is 354 g/mol. The van der Waals surface area contributed by atoms with Crippen LogP contribution in [0.1, 0.15) is 22.4 Å². The number of benzene rings is 1. The van der Waals surface area contributed by atoms with Crippen molar-refractivity contribution in [1.82, 2.24) is 20.0 Å². The van der Waals surface area contributed by atoms with Gasteiger partial charge in [-0.05, 0) is 24.6 Å². The maximum Gasteiger partial charge on any atom is 0.277 e. The highest BCUT2D eigenvalue weighted by molar-refractivity contribution is 7.15. The van der Waals surface area contributed by atoms with Gasteiger partial charge in [-0.15, -0.1) is 10.2 Å². The lowest BCUT2D eigenvalue weighted by Gasteiger charge is -2.08. The first-order valence-electron chi connectivity index (χ1n) is 8.05. The summed E-state index contributed by atoms with van der Waals surface area (Å²) in [5.74, 6) is 0.263. The van der Waals surface area contributed by atoms with Crippen LogP contribution in [0.15, 0.2) is 47.3 Å². The molecule has 0 fully saturated rings. The molecule has 134 valence electrons. The molecule has 0 saturated carbocycles. The maximum atomic E-state index is 12.3. The number of nitrogens with one attached hydrogen (secondary N) is 1. The second-order valence-electron chi connectivity index (χ2n) is 5.25. The summed E-state index contributed by atoms with van der Waals surface area (Å²) in [4.78, 5) is 24.2. The van der Waals surface area contributed by atoms with Crippen molar-refractivity contribution in [2.75, 3.05) is 11.9 Å². The highest BCUT2D eigenvalue weighted by Crippen LogP contribution is 2.15. The van der Waals surface area contributed by atoms with Crippen LogP contribution < -0.4 is 15.6 Å². The van der Waals surface area contributed by atoms with Crippen LogP contribution in [0.5, 0.6) is 5.75 Å². The van der Waals surface area contributed by atoms with E-state index < -0.39 is 5.91 Å². The van der Waals surface area contributed by atoms with Crippen LogP contribution in [-0.2, 0) is 13.0 Å². The Labute approximate surface area is 153 Å². The van der Waals surface area contributed by atoms with Gasteiger partial charge in [-0.2, -0.15) is 5.10 Å². The first-order chi connectivity index (χ1) is 12.7. The molecule has 0 aliphatic rings. The van der Waals surface area contributed by atoms with Gasteiger partial charge in [0.1, 0.15) is 23.1 Å². The molecule has 2 aromatic heterocycles. The Balaban J connectivity index is 1.64. The zero-order chi connectivity index (χ0) is 18.4. The van der Waals surface area contributed by atoms with Crippen LogP contribution in [0, 0.1) is 0 Å². The Morgan fingerprint density at radius 3 is 2.73 bits per heavy atom. The zero-order valence-corrected chi connectivity index (χ0v) is 14.9. The molecule has 0 spiro atoms. The molecule has 1 aromatic carbocycles. The molecule has 0 radical (unpaired) electrons. The van der Waals surface area contributed by atoms with Crippen molar-refractivity contribution in [2.45, 2.75) is 19.9 Å². The quantitative estimate of drug-likeness (QED) is 0.682. The van der Waals surface area contributed by atoms with E-state index >= 15 is 0 Å². The second-order valence-corrected chi connectivity index (χ2v) is 6.31. The molecule has 26 heavy (non-hydrogen) atoms. The number of anilines is 1. The van der Waals surface area contributed by atoms with E-state index in [0.29, 0.717) is 10.9 Å². The van der Waals surface area contributed by atoms with E-state index in [9.17, 15) is 9.59 Å². The minimum atomic E-state index is -0.443. The fourth-order valence-corrected chi connectivity index (χ4v) is 2.78. The van der Waals surface area contributed by atoms with E-state index in [-0.39, 0.29) is 24.4 Å². The topological polar surface area (TPSA) is 99.0 Å². The van der Waals surface area contributed by atoms with Gasteiger partial charge in [0.15, 0.2) is 0 Å². The fourth-order valence-electron chi connectivity index (χ4n) is 2.11. The number of aromatic nitrogens is 4. The van der Waals surface area contributed by atoms with E-state index in [2.05, 4.69) is 20.6 Å². The van der Waals surface area contributed by atoms with Gasteiger partial charge in [-0.1, -0.05) is 36.5 Å². The number of nitrogens with zero attached hydrogens (tertiary/aromatic N) is 4. The summed E-state index contributed by atoms with van der Waals surface area (Å²) in [6, 6.07) is 12.0. The van der Waals surface area contributed by atoms with E-state index in [1.165, 1.54) is 28.2 Å². The van der Waals surface area contributed by atoms with Gasteiger partial charge in [0, 0.05) is 6.07 Å². The van der Waals surface area contributed by atoms with Crippen molar-refractivity contribution >= 4 is 22.4 Å². The first-order valence-corrected chi connectivity index (χ1v) is 8.87. The minimum Gasteiger partial charge on any atom is -0.492 e. The summed E-state index contributed by atoms with van der Waals surface area (Å²) in [5.41, 5.74) is -0.181. The molecule has 9 heteroatoms. The third kappa shape index (κ3) is 4.51. The summed E-state index contributed by atoms with van der Waals surface area (Å²) >= 11 is 1.30. The predicted molar refractivity (Wildman–Crippen MR) is 97.7 cm³/mol. The largest absolute Gasteiger partial charge is 0.492 e. The van der Waals surface area contributed by atoms with Crippen LogP contribution in [-0.4, -0.2) is 32.5 Å². The van der Waals surface area contributed by atoms with Gasteiger partial charge >= 0.3 is 0 Å². The summed E-state index contributed by atoms with van der Waals surface area (Å²) in [6.45, 7) is 2.45. The number of ether oxygens (including phenoxy) is 1. The normalized spacial score (nSPS) is 10.5. The Hall–Kier alpha value is -3.07. The van der Waals surface area contributed by atoms with Gasteiger partial charge in [-0.25, -0.2) is 4.68 Å². The monoisotopic (exact) mass is 371 g/mol. The maximum absolute atomic E-state index is 12.3. The number of para-hydroxylation sites is 1. The standard InChI is InChI=1S/C17H17N5O3S/c1-2-14-19-20-17(26-14)18-16(24)13-8-9-15(23)22(21-13)10-11-25-12-6-4-3-5-7-12/h3-9H,2,10-11H2,1H3,(H,18,20,24). The van der Waals surface area contributed by atoms with Crippen LogP contribution in [0.25, 0.3) is 0 Å². The Morgan fingerprint density at radius 1 is 1.19 bits per heavy atom. The number of hydrogen-bond donors (Lipinski definition) is 1. The van der Waals surface area contributed by atoms with Crippen molar-refractivity contribution in [2.24, 2.45) is 0 Å². The molecule has 8 nitrogen and oxygen atoms in total. The number of aryl methyl sites for hydroxylation is 1. The molecule has 1 N–H and O–H groups in total. The number of amides is 1. The van der Waals surface area contributed by atoms with Crippen LogP contribution in [0.3, 0.4) is 0 Å². The molecule has 2 heterocycles. The van der Waals surface area contributed by atoms with Crippen molar-refractivity contribution in [3.63, 3.8) is 0 Å². The summed E-state index contributed by atoms with van der Waals surface area (Å²) < 4.78 is 6.76. The highest BCUT2D eigenvalue weighted by Gasteiger charge is 2.12. The highest BCUT2D eigenvalue weighted by atomic mass is 32.1. The van der Waals surface area contributed by atoms with Gasteiger partial charge in [0.2, 0.25) is 5.13 Å². The third-order valence-electron chi connectivity index (χ3n) is 3.40. The summed E-state index contributed by atoms with van der Waals surface area (Å²) in [7, 11) is 0. The van der Waals surface area contributed by atoms with Crippen LogP contribution in [0.4, 0.5) is 5.13 Å². The van der Waals surface area contributed by atoms with Gasteiger partial charge in [0.25, 0.3) is 11.5 Å². The van der Waals surface area contributed by atoms with Crippen molar-refractivity contribution in [3.8, 4) is 5.75 Å². The van der Waals surface area contributed by atoms with E-state index in [4.69, 9.17) is 4.74 Å². The predicted octanol–water partition coefficient (Wildman–Crippen LogP) is 1.99. The van der Waals surface area contributed by atoms with Crippen molar-refractivity contribution in [3.05, 3.63) is 63.5 Å². The van der Waals surface area contributed by atoms with Gasteiger partial charge in [0.05, 0.1) is 6.54 Å². The zero-order valence-electron chi connectivity index (χ0n) is 14.1. The summed E-state index contributed by atoms with van der Waals surface area (Å²) in [6.07, 6.45) is 0.748. The molecule has 0 unspecified atom stereocenters. The molecule has 0 bridgehead atoms. The molecule has 0 saturated heterocycles. The average Bonchev–Trinajstić information content (AvgIpc) is 3.11. The molecular formula is C17H17N5O3S. The lowest BCUT2D eigenvalue weighted by molar-refractivity contribution is 0.101. The summed E-state index contributed by atoms with van der Waals surface area (Å²) in [5, 5.41) is 15.8. The van der Waals surface area contributed by atoms with Gasteiger partial charge < -0.3 is 4.74 Å². The number of carbonyl (C=O) groups excluding carboxylic acids is 1. The van der Waals surface area contributed by atoms with E-state index in [1.807, 2.05) is 37.3 Å². The molecule has 0 atom stereocenters. The number of rotatable bonds is 7. The lowest BCUT2D eigenvalue weighted by atomic mass is 10.3. The van der Waals surface area contributed by atoms with Crippen molar-refractivity contribution in [1.29, 1.82) is 0 Å². The fraction of sp³-hybridized carbons (Fsp3) is 0.235. The Bertz CT molecular complexity index is 939.